The first-order chi connectivity index (χ1) is 14.0. The first-order valence-corrected chi connectivity index (χ1v) is 9.98. The van der Waals surface area contributed by atoms with E-state index in [9.17, 15) is 9.59 Å². The quantitative estimate of drug-likeness (QED) is 0.683. The zero-order valence-corrected chi connectivity index (χ0v) is 17.1. The lowest BCUT2D eigenvalue weighted by Crippen LogP contribution is -2.36. The molecule has 2 aromatic heterocycles. The van der Waals surface area contributed by atoms with E-state index in [1.54, 1.807) is 18.4 Å². The third-order valence-electron chi connectivity index (χ3n) is 5.72. The molecule has 0 radical (unpaired) electrons. The van der Waals surface area contributed by atoms with Crippen molar-refractivity contribution in [2.75, 3.05) is 26.2 Å². The van der Waals surface area contributed by atoms with Gasteiger partial charge in [0.15, 0.2) is 0 Å². The molecule has 3 aromatic rings. The smallest absolute Gasteiger partial charge is 0.259 e. The van der Waals surface area contributed by atoms with E-state index in [1.165, 1.54) is 0 Å². The molecule has 1 fully saturated rings. The van der Waals surface area contributed by atoms with Gasteiger partial charge in [-0.1, -0.05) is 23.4 Å². The average Bonchev–Trinajstić information content (AvgIpc) is 2.91. The minimum atomic E-state index is -0.0234. The van der Waals surface area contributed by atoms with Crippen molar-refractivity contribution in [2.24, 2.45) is 7.05 Å². The minimum absolute atomic E-state index is 0.0234. The summed E-state index contributed by atoms with van der Waals surface area (Å²) in [6, 6.07) is 9.92. The van der Waals surface area contributed by atoms with Crippen LogP contribution in [0.15, 0.2) is 39.6 Å². The molecule has 3 heterocycles. The fraction of sp³-hybridized carbons (Fsp3) is 0.409. The Hall–Kier alpha value is -2.93. The summed E-state index contributed by atoms with van der Waals surface area (Å²) >= 11 is 0. The van der Waals surface area contributed by atoms with Crippen LogP contribution in [-0.4, -0.2) is 51.6 Å². The molecule has 0 unspecified atom stereocenters. The average molecular weight is 394 g/mol. The number of amides is 1. The summed E-state index contributed by atoms with van der Waals surface area (Å²) in [4.78, 5) is 29.8. The Balaban J connectivity index is 1.50. The van der Waals surface area contributed by atoms with Crippen LogP contribution in [0.25, 0.3) is 10.9 Å². The number of aromatic nitrogens is 2. The van der Waals surface area contributed by atoms with Gasteiger partial charge in [0.1, 0.15) is 11.3 Å². The summed E-state index contributed by atoms with van der Waals surface area (Å²) < 4.78 is 6.87. The normalized spacial score (nSPS) is 15.6. The van der Waals surface area contributed by atoms with Crippen LogP contribution in [0, 0.1) is 13.8 Å². The molecule has 7 nitrogen and oxygen atoms in total. The topological polar surface area (TPSA) is 71.6 Å². The second kappa shape index (κ2) is 7.83. The molecule has 29 heavy (non-hydrogen) atoms. The van der Waals surface area contributed by atoms with Gasteiger partial charge in [0.2, 0.25) is 0 Å². The van der Waals surface area contributed by atoms with E-state index >= 15 is 0 Å². The number of hydrogen-bond donors (Lipinski definition) is 0. The number of aryl methyl sites for hydroxylation is 3. The van der Waals surface area contributed by atoms with Crippen LogP contribution in [-0.2, 0) is 13.6 Å². The number of carbonyl (C=O) groups excluding carboxylic acids is 1. The molecule has 0 aliphatic carbocycles. The molecular formula is C22H26N4O3. The van der Waals surface area contributed by atoms with Crippen molar-refractivity contribution < 1.29 is 9.32 Å². The van der Waals surface area contributed by atoms with Gasteiger partial charge in [0, 0.05) is 45.3 Å². The van der Waals surface area contributed by atoms with Crippen molar-refractivity contribution in [2.45, 2.75) is 26.8 Å². The zero-order chi connectivity index (χ0) is 20.5. The van der Waals surface area contributed by atoms with Crippen molar-refractivity contribution in [1.82, 2.24) is 19.5 Å². The van der Waals surface area contributed by atoms with E-state index in [1.807, 2.05) is 42.3 Å². The van der Waals surface area contributed by atoms with E-state index in [-0.39, 0.29) is 11.5 Å². The Morgan fingerprint density at radius 3 is 2.69 bits per heavy atom. The highest BCUT2D eigenvalue weighted by atomic mass is 16.5. The van der Waals surface area contributed by atoms with Gasteiger partial charge in [-0.15, -0.1) is 0 Å². The van der Waals surface area contributed by atoms with Crippen LogP contribution < -0.4 is 5.56 Å². The van der Waals surface area contributed by atoms with Gasteiger partial charge in [-0.2, -0.15) is 0 Å². The SMILES string of the molecule is Cc1noc(C)c1C(=O)N1CCCN(Cc2cc3ccccc3n(C)c2=O)CC1. The molecule has 4 rings (SSSR count). The molecule has 1 saturated heterocycles. The highest BCUT2D eigenvalue weighted by molar-refractivity contribution is 5.96. The van der Waals surface area contributed by atoms with E-state index in [0.29, 0.717) is 36.7 Å². The Bertz CT molecular complexity index is 1100. The number of carbonyl (C=O) groups is 1. The van der Waals surface area contributed by atoms with Crippen molar-refractivity contribution >= 4 is 16.8 Å². The van der Waals surface area contributed by atoms with E-state index in [2.05, 4.69) is 10.1 Å². The lowest BCUT2D eigenvalue weighted by Gasteiger charge is -2.22. The van der Waals surface area contributed by atoms with Gasteiger partial charge in [-0.25, -0.2) is 0 Å². The summed E-state index contributed by atoms with van der Waals surface area (Å²) in [5, 5.41) is 4.96. The second-order valence-corrected chi connectivity index (χ2v) is 7.71. The van der Waals surface area contributed by atoms with E-state index in [4.69, 9.17) is 4.52 Å². The zero-order valence-electron chi connectivity index (χ0n) is 17.1. The summed E-state index contributed by atoms with van der Waals surface area (Å²) in [5.74, 6) is 0.540. The Morgan fingerprint density at radius 1 is 1.14 bits per heavy atom. The Labute approximate surface area is 169 Å². The van der Waals surface area contributed by atoms with Crippen LogP contribution in [0.3, 0.4) is 0 Å². The molecule has 0 spiro atoms. The van der Waals surface area contributed by atoms with Crippen LogP contribution in [0.1, 0.15) is 33.8 Å². The van der Waals surface area contributed by atoms with Crippen LogP contribution in [0.2, 0.25) is 0 Å². The highest BCUT2D eigenvalue weighted by Gasteiger charge is 2.25. The summed E-state index contributed by atoms with van der Waals surface area (Å²) in [6.45, 7) is 7.04. The van der Waals surface area contributed by atoms with Crippen LogP contribution >= 0.6 is 0 Å². The molecule has 7 heteroatoms. The number of rotatable bonds is 3. The maximum atomic E-state index is 12.9. The van der Waals surface area contributed by atoms with Gasteiger partial charge < -0.3 is 14.0 Å². The molecule has 0 bridgehead atoms. The van der Waals surface area contributed by atoms with Crippen molar-refractivity contribution in [3.8, 4) is 0 Å². The van der Waals surface area contributed by atoms with E-state index in [0.717, 1.165) is 36.0 Å². The van der Waals surface area contributed by atoms with Gasteiger partial charge in [0.05, 0.1) is 11.2 Å². The Kier molecular flexibility index (Phi) is 5.24. The third kappa shape index (κ3) is 3.70. The summed E-state index contributed by atoms with van der Waals surface area (Å²) in [7, 11) is 1.82. The Morgan fingerprint density at radius 2 is 1.93 bits per heavy atom. The molecule has 1 aliphatic rings. The van der Waals surface area contributed by atoms with Gasteiger partial charge in [0.25, 0.3) is 11.5 Å². The lowest BCUT2D eigenvalue weighted by molar-refractivity contribution is 0.0758. The molecule has 1 amide bonds. The maximum absolute atomic E-state index is 12.9. The monoisotopic (exact) mass is 394 g/mol. The maximum Gasteiger partial charge on any atom is 0.259 e. The molecule has 1 aromatic carbocycles. The largest absolute Gasteiger partial charge is 0.361 e. The lowest BCUT2D eigenvalue weighted by atomic mass is 10.1. The molecule has 0 N–H and O–H groups in total. The fourth-order valence-corrected chi connectivity index (χ4v) is 4.12. The number of para-hydroxylation sites is 1. The molecule has 152 valence electrons. The number of hydrogen-bond acceptors (Lipinski definition) is 5. The van der Waals surface area contributed by atoms with Gasteiger partial charge in [-0.05, 0) is 37.8 Å². The van der Waals surface area contributed by atoms with Crippen LogP contribution in [0.4, 0.5) is 0 Å². The van der Waals surface area contributed by atoms with Gasteiger partial charge in [-0.3, -0.25) is 14.5 Å². The summed E-state index contributed by atoms with van der Waals surface area (Å²) in [5.41, 5.74) is 2.97. The number of benzene rings is 1. The molecule has 0 saturated carbocycles. The second-order valence-electron chi connectivity index (χ2n) is 7.71. The molecular weight excluding hydrogens is 368 g/mol. The summed E-state index contributed by atoms with van der Waals surface area (Å²) in [6.07, 6.45) is 0.864. The molecule has 0 atom stereocenters. The predicted octanol–water partition coefficient (Wildman–Crippen LogP) is 2.49. The van der Waals surface area contributed by atoms with Crippen molar-refractivity contribution in [3.05, 3.63) is 63.3 Å². The number of fused-ring (bicyclic) bond motifs is 1. The molecule has 1 aliphatic heterocycles. The predicted molar refractivity (Wildman–Crippen MR) is 111 cm³/mol. The third-order valence-corrected chi connectivity index (χ3v) is 5.72. The fourth-order valence-electron chi connectivity index (χ4n) is 4.12. The first-order valence-electron chi connectivity index (χ1n) is 9.98. The van der Waals surface area contributed by atoms with Crippen molar-refractivity contribution in [1.29, 1.82) is 0 Å². The highest BCUT2D eigenvalue weighted by Crippen LogP contribution is 2.18. The minimum Gasteiger partial charge on any atom is -0.361 e. The number of pyridine rings is 1. The van der Waals surface area contributed by atoms with E-state index < -0.39 is 0 Å². The number of nitrogens with zero attached hydrogens (tertiary/aromatic N) is 4. The first kappa shape index (κ1) is 19.4. The van der Waals surface area contributed by atoms with Crippen molar-refractivity contribution in [3.63, 3.8) is 0 Å². The standard InChI is InChI=1S/C22H26N4O3/c1-15-20(16(2)29-23-15)22(28)26-10-6-9-25(11-12-26)14-18-13-17-7-4-5-8-19(17)24(3)21(18)27/h4-5,7-8,13H,6,9-12,14H2,1-3H3. The van der Waals surface area contributed by atoms with Gasteiger partial charge >= 0.3 is 0 Å². The van der Waals surface area contributed by atoms with Crippen LogP contribution in [0.5, 0.6) is 0 Å².